The normalized spacial score (nSPS) is 10.9. The molecule has 0 saturated heterocycles. The van der Waals surface area contributed by atoms with Crippen LogP contribution in [-0.2, 0) is 0 Å². The van der Waals surface area contributed by atoms with Crippen molar-refractivity contribution in [3.8, 4) is 11.3 Å². The molecule has 1 N–H and O–H groups in total. The number of carbonyl (C=O) groups excluding carboxylic acids is 1. The number of hydrogen-bond donors (Lipinski definition) is 1. The molecule has 5 heteroatoms. The molecule has 0 unspecified atom stereocenters. The number of hydrogen-bond acceptors (Lipinski definition) is 2. The van der Waals surface area contributed by atoms with Gasteiger partial charge in [0, 0.05) is 22.5 Å². The fourth-order valence-electron chi connectivity index (χ4n) is 2.87. The standard InChI is InChI=1S/C20H18Cl2N2O/c1-3-10-23-20(25)18-12(2)19(14-9-8-13(21)11-16(14)22)24-17-7-5-4-6-15(17)18/h4-9,11H,3,10H2,1-2H3,(H,23,25). The molecule has 0 radical (unpaired) electrons. The van der Waals surface area contributed by atoms with Gasteiger partial charge in [-0.25, -0.2) is 4.98 Å². The molecule has 3 nitrogen and oxygen atoms in total. The number of benzene rings is 2. The molecule has 1 aromatic heterocycles. The highest BCUT2D eigenvalue weighted by molar-refractivity contribution is 6.36. The first kappa shape index (κ1) is 17.7. The summed E-state index contributed by atoms with van der Waals surface area (Å²) >= 11 is 12.4. The van der Waals surface area contributed by atoms with E-state index in [1.165, 1.54) is 0 Å². The molecule has 3 aromatic rings. The Labute approximate surface area is 157 Å². The third kappa shape index (κ3) is 3.48. The highest BCUT2D eigenvalue weighted by Gasteiger charge is 2.19. The molecular formula is C20H18Cl2N2O. The zero-order valence-corrected chi connectivity index (χ0v) is 15.6. The average molecular weight is 373 g/mol. The Bertz CT molecular complexity index is 954. The predicted octanol–water partition coefficient (Wildman–Crippen LogP) is 5.66. The van der Waals surface area contributed by atoms with Crippen molar-refractivity contribution < 1.29 is 4.79 Å². The summed E-state index contributed by atoms with van der Waals surface area (Å²) in [5, 5.41) is 4.87. The molecular weight excluding hydrogens is 355 g/mol. The number of fused-ring (bicyclic) bond motifs is 1. The predicted molar refractivity (Wildman–Crippen MR) is 105 cm³/mol. The lowest BCUT2D eigenvalue weighted by Crippen LogP contribution is -2.25. The van der Waals surface area contributed by atoms with E-state index in [1.807, 2.05) is 44.2 Å². The monoisotopic (exact) mass is 372 g/mol. The van der Waals surface area contributed by atoms with Gasteiger partial charge in [-0.1, -0.05) is 48.3 Å². The quantitative estimate of drug-likeness (QED) is 0.642. The molecule has 2 aromatic carbocycles. The second kappa shape index (κ2) is 7.42. The third-order valence-electron chi connectivity index (χ3n) is 4.08. The van der Waals surface area contributed by atoms with E-state index >= 15 is 0 Å². The van der Waals surface area contributed by atoms with E-state index < -0.39 is 0 Å². The Balaban J connectivity index is 2.27. The maximum absolute atomic E-state index is 12.8. The zero-order valence-electron chi connectivity index (χ0n) is 14.1. The average Bonchev–Trinajstić information content (AvgIpc) is 2.59. The van der Waals surface area contributed by atoms with Gasteiger partial charge in [-0.05, 0) is 43.2 Å². The van der Waals surface area contributed by atoms with Gasteiger partial charge in [-0.15, -0.1) is 0 Å². The topological polar surface area (TPSA) is 42.0 Å². The maximum atomic E-state index is 12.8. The molecule has 0 aliphatic rings. The van der Waals surface area contributed by atoms with Gasteiger partial charge in [0.1, 0.15) is 0 Å². The zero-order chi connectivity index (χ0) is 18.0. The lowest BCUT2D eigenvalue weighted by Gasteiger charge is -2.15. The van der Waals surface area contributed by atoms with E-state index in [0.29, 0.717) is 27.8 Å². The van der Waals surface area contributed by atoms with Gasteiger partial charge in [0.25, 0.3) is 5.91 Å². The van der Waals surface area contributed by atoms with Crippen LogP contribution in [-0.4, -0.2) is 17.4 Å². The highest BCUT2D eigenvalue weighted by Crippen LogP contribution is 2.34. The Hall–Kier alpha value is -2.10. The van der Waals surface area contributed by atoms with Crippen LogP contribution in [0.4, 0.5) is 0 Å². The smallest absolute Gasteiger partial charge is 0.252 e. The van der Waals surface area contributed by atoms with E-state index in [1.54, 1.807) is 12.1 Å². The van der Waals surface area contributed by atoms with E-state index in [0.717, 1.165) is 28.5 Å². The lowest BCUT2D eigenvalue weighted by molar-refractivity contribution is 0.0954. The van der Waals surface area contributed by atoms with Crippen LogP contribution >= 0.6 is 23.2 Å². The van der Waals surface area contributed by atoms with Crippen LogP contribution in [0.15, 0.2) is 42.5 Å². The second-order valence-electron chi connectivity index (χ2n) is 5.86. The van der Waals surface area contributed by atoms with Gasteiger partial charge in [0.15, 0.2) is 0 Å². The van der Waals surface area contributed by atoms with Gasteiger partial charge in [0.2, 0.25) is 0 Å². The van der Waals surface area contributed by atoms with Gasteiger partial charge < -0.3 is 5.32 Å². The molecule has 128 valence electrons. The SMILES string of the molecule is CCCNC(=O)c1c(C)c(-c2ccc(Cl)cc2Cl)nc2ccccc12. The van der Waals surface area contributed by atoms with Crippen molar-refractivity contribution in [3.05, 3.63) is 63.6 Å². The first-order valence-corrected chi connectivity index (χ1v) is 8.91. The summed E-state index contributed by atoms with van der Waals surface area (Å²) in [6.07, 6.45) is 0.879. The molecule has 25 heavy (non-hydrogen) atoms. The molecule has 1 amide bonds. The van der Waals surface area contributed by atoms with Crippen molar-refractivity contribution in [2.24, 2.45) is 0 Å². The summed E-state index contributed by atoms with van der Waals surface area (Å²) < 4.78 is 0. The number of carbonyl (C=O) groups is 1. The van der Waals surface area contributed by atoms with Crippen molar-refractivity contribution in [1.82, 2.24) is 10.3 Å². The number of halogens is 2. The fraction of sp³-hybridized carbons (Fsp3) is 0.200. The summed E-state index contributed by atoms with van der Waals surface area (Å²) in [6, 6.07) is 12.9. The van der Waals surface area contributed by atoms with E-state index in [-0.39, 0.29) is 5.91 Å². The molecule has 0 aliphatic carbocycles. The van der Waals surface area contributed by atoms with Crippen LogP contribution in [0.5, 0.6) is 0 Å². The number of amides is 1. The first-order valence-electron chi connectivity index (χ1n) is 8.16. The number of aromatic nitrogens is 1. The molecule has 1 heterocycles. The van der Waals surface area contributed by atoms with E-state index in [4.69, 9.17) is 28.2 Å². The molecule has 0 atom stereocenters. The minimum atomic E-state index is -0.0933. The van der Waals surface area contributed by atoms with Gasteiger partial charge in [-0.3, -0.25) is 4.79 Å². The lowest BCUT2D eigenvalue weighted by atomic mass is 9.97. The van der Waals surface area contributed by atoms with Crippen LogP contribution in [0.2, 0.25) is 10.0 Å². The third-order valence-corrected chi connectivity index (χ3v) is 4.63. The first-order chi connectivity index (χ1) is 12.0. The van der Waals surface area contributed by atoms with Gasteiger partial charge in [-0.2, -0.15) is 0 Å². The molecule has 0 bridgehead atoms. The summed E-state index contributed by atoms with van der Waals surface area (Å²) in [5.41, 5.74) is 3.66. The number of nitrogens with one attached hydrogen (secondary N) is 1. The van der Waals surface area contributed by atoms with Crippen molar-refractivity contribution in [3.63, 3.8) is 0 Å². The van der Waals surface area contributed by atoms with Crippen LogP contribution in [0.1, 0.15) is 29.3 Å². The summed E-state index contributed by atoms with van der Waals surface area (Å²) in [5.74, 6) is -0.0933. The Morgan fingerprint density at radius 2 is 1.92 bits per heavy atom. The molecule has 0 aliphatic heterocycles. The Morgan fingerprint density at radius 1 is 1.16 bits per heavy atom. The molecule has 0 fully saturated rings. The van der Waals surface area contributed by atoms with Crippen LogP contribution in [0, 0.1) is 6.92 Å². The number of rotatable bonds is 4. The maximum Gasteiger partial charge on any atom is 0.252 e. The van der Waals surface area contributed by atoms with E-state index in [9.17, 15) is 4.79 Å². The number of para-hydroxylation sites is 1. The van der Waals surface area contributed by atoms with E-state index in [2.05, 4.69) is 5.32 Å². The van der Waals surface area contributed by atoms with Crippen molar-refractivity contribution >= 4 is 40.0 Å². The molecule has 3 rings (SSSR count). The minimum absolute atomic E-state index is 0.0933. The van der Waals surface area contributed by atoms with Crippen molar-refractivity contribution in [2.75, 3.05) is 6.54 Å². The molecule has 0 spiro atoms. The summed E-state index contributed by atoms with van der Waals surface area (Å²) in [4.78, 5) is 17.5. The van der Waals surface area contributed by atoms with Gasteiger partial charge in [0.05, 0.1) is 21.8 Å². The summed E-state index contributed by atoms with van der Waals surface area (Å²) in [7, 11) is 0. The van der Waals surface area contributed by atoms with Crippen molar-refractivity contribution in [1.29, 1.82) is 0 Å². The van der Waals surface area contributed by atoms with Crippen LogP contribution < -0.4 is 5.32 Å². The van der Waals surface area contributed by atoms with Crippen molar-refractivity contribution in [2.45, 2.75) is 20.3 Å². The Kier molecular flexibility index (Phi) is 5.26. The molecule has 0 saturated carbocycles. The highest BCUT2D eigenvalue weighted by atomic mass is 35.5. The number of nitrogens with zero attached hydrogens (tertiary/aromatic N) is 1. The largest absolute Gasteiger partial charge is 0.352 e. The summed E-state index contributed by atoms with van der Waals surface area (Å²) in [6.45, 7) is 4.56. The van der Waals surface area contributed by atoms with Crippen LogP contribution in [0.3, 0.4) is 0 Å². The van der Waals surface area contributed by atoms with Crippen LogP contribution in [0.25, 0.3) is 22.2 Å². The van der Waals surface area contributed by atoms with Gasteiger partial charge >= 0.3 is 0 Å². The minimum Gasteiger partial charge on any atom is -0.352 e. The number of pyridine rings is 1. The fourth-order valence-corrected chi connectivity index (χ4v) is 3.37. The second-order valence-corrected chi connectivity index (χ2v) is 6.70. The Morgan fingerprint density at radius 3 is 2.64 bits per heavy atom.